The lowest BCUT2D eigenvalue weighted by atomic mass is 10.2. The zero-order valence-electron chi connectivity index (χ0n) is 17.5. The normalized spacial score (nSPS) is 10.7. The quantitative estimate of drug-likeness (QED) is 0.231. The Labute approximate surface area is 201 Å². The van der Waals surface area contributed by atoms with Gasteiger partial charge in [-0.3, -0.25) is 18.7 Å². The molecule has 33 heavy (non-hydrogen) atoms. The molecular formula is C23H22N6O2S2. The van der Waals surface area contributed by atoms with Crippen molar-refractivity contribution in [3.05, 3.63) is 84.4 Å². The highest BCUT2D eigenvalue weighted by atomic mass is 32.1. The fourth-order valence-corrected chi connectivity index (χ4v) is 3.73. The van der Waals surface area contributed by atoms with Crippen molar-refractivity contribution in [2.45, 2.75) is 16.7 Å². The Balaban J connectivity index is 1.20. The maximum Gasteiger partial charge on any atom is 0.251 e. The van der Waals surface area contributed by atoms with Gasteiger partial charge in [0.25, 0.3) is 11.8 Å². The maximum absolute atomic E-state index is 12.3. The summed E-state index contributed by atoms with van der Waals surface area (Å²) in [6.07, 6.45) is 7.55. The second kappa shape index (κ2) is 10.4. The standard InChI is InChI=1S/C23H22N6O2S2/c30-20(16-2-6-18(7-3-16)28-14-12-26-22(28)32)24-10-1-11-25-21(31)17-4-8-19(9-5-17)29-15-13-27-23(29)33/h2-9,12-15H,1,10-11H2,(H,24,30)(H,25,31)(H,26,32)(H,27,33). The lowest BCUT2D eigenvalue weighted by molar-refractivity contribution is 0.0952. The van der Waals surface area contributed by atoms with Crippen LogP contribution >= 0.6 is 25.3 Å². The van der Waals surface area contributed by atoms with E-state index in [1.54, 1.807) is 49.1 Å². The number of benzene rings is 2. The second-order valence-corrected chi connectivity index (χ2v) is 7.95. The number of thiol groups is 2. The zero-order chi connectivity index (χ0) is 23.2. The first-order valence-electron chi connectivity index (χ1n) is 10.2. The summed E-state index contributed by atoms with van der Waals surface area (Å²) < 4.78 is 3.63. The van der Waals surface area contributed by atoms with E-state index in [0.29, 0.717) is 41.0 Å². The molecule has 0 unspecified atom stereocenters. The van der Waals surface area contributed by atoms with Gasteiger partial charge in [-0.15, -0.1) is 25.3 Å². The minimum Gasteiger partial charge on any atom is -0.352 e. The fraction of sp³-hybridized carbons (Fsp3) is 0.130. The number of hydrogen-bond acceptors (Lipinski definition) is 6. The molecule has 0 radical (unpaired) electrons. The number of carbonyl (C=O) groups excluding carboxylic acids is 2. The van der Waals surface area contributed by atoms with Crippen molar-refractivity contribution in [3.8, 4) is 11.4 Å². The summed E-state index contributed by atoms with van der Waals surface area (Å²) >= 11 is 8.58. The molecule has 0 saturated heterocycles. The van der Waals surface area contributed by atoms with Crippen LogP contribution in [0.15, 0.2) is 83.6 Å². The van der Waals surface area contributed by atoms with Crippen molar-refractivity contribution in [3.63, 3.8) is 0 Å². The van der Waals surface area contributed by atoms with Crippen molar-refractivity contribution >= 4 is 37.1 Å². The highest BCUT2D eigenvalue weighted by Gasteiger charge is 2.08. The minimum atomic E-state index is -0.164. The molecule has 4 aromatic rings. The van der Waals surface area contributed by atoms with Crippen molar-refractivity contribution in [2.24, 2.45) is 0 Å². The van der Waals surface area contributed by atoms with Crippen LogP contribution in [-0.2, 0) is 0 Å². The van der Waals surface area contributed by atoms with Crippen LogP contribution < -0.4 is 10.6 Å². The van der Waals surface area contributed by atoms with Crippen LogP contribution in [0.1, 0.15) is 27.1 Å². The molecule has 0 aliphatic carbocycles. The van der Waals surface area contributed by atoms with Crippen molar-refractivity contribution in [1.82, 2.24) is 29.7 Å². The summed E-state index contributed by atoms with van der Waals surface area (Å²) in [5.41, 5.74) is 2.87. The summed E-state index contributed by atoms with van der Waals surface area (Å²) in [7, 11) is 0. The average molecular weight is 479 g/mol. The SMILES string of the molecule is O=C(NCCCNC(=O)c1ccc(-n2ccnc2S)cc1)c1ccc(-n2ccnc2S)cc1. The minimum absolute atomic E-state index is 0.164. The lowest BCUT2D eigenvalue weighted by Crippen LogP contribution is -2.29. The predicted octanol–water partition coefficient (Wildman–Crippen LogP) is 3.19. The molecule has 0 aliphatic rings. The second-order valence-electron chi connectivity index (χ2n) is 7.15. The molecule has 168 valence electrons. The molecule has 4 rings (SSSR count). The van der Waals surface area contributed by atoms with Gasteiger partial charge < -0.3 is 10.6 Å². The lowest BCUT2D eigenvalue weighted by Gasteiger charge is -2.09. The molecule has 0 spiro atoms. The molecule has 0 saturated carbocycles. The summed E-state index contributed by atoms with van der Waals surface area (Å²) in [6, 6.07) is 14.4. The number of hydrogen-bond donors (Lipinski definition) is 4. The third-order valence-corrected chi connectivity index (χ3v) is 5.64. The summed E-state index contributed by atoms with van der Waals surface area (Å²) in [6.45, 7) is 0.904. The van der Waals surface area contributed by atoms with Crippen LogP contribution in [0.2, 0.25) is 0 Å². The molecule has 2 aromatic heterocycles. The third kappa shape index (κ3) is 5.47. The number of rotatable bonds is 8. The molecule has 0 fully saturated rings. The Hall–Kier alpha value is -3.50. The Morgan fingerprint density at radius 1 is 0.697 bits per heavy atom. The first-order chi connectivity index (χ1) is 16.0. The Kier molecular flexibility index (Phi) is 7.16. The molecule has 0 atom stereocenters. The third-order valence-electron chi connectivity index (χ3n) is 4.98. The molecule has 2 heterocycles. The van der Waals surface area contributed by atoms with Crippen molar-refractivity contribution < 1.29 is 9.59 Å². The molecule has 10 heteroatoms. The predicted molar refractivity (Wildman–Crippen MR) is 131 cm³/mol. The van der Waals surface area contributed by atoms with E-state index in [1.807, 2.05) is 33.4 Å². The van der Waals surface area contributed by atoms with Crippen LogP contribution in [0.3, 0.4) is 0 Å². The number of amides is 2. The highest BCUT2D eigenvalue weighted by molar-refractivity contribution is 7.80. The Morgan fingerprint density at radius 2 is 1.09 bits per heavy atom. The largest absolute Gasteiger partial charge is 0.352 e. The molecule has 2 amide bonds. The smallest absolute Gasteiger partial charge is 0.251 e. The van der Waals surface area contributed by atoms with Crippen molar-refractivity contribution in [1.29, 1.82) is 0 Å². The van der Waals surface area contributed by atoms with Gasteiger partial charge in [-0.2, -0.15) is 0 Å². The van der Waals surface area contributed by atoms with E-state index in [9.17, 15) is 9.59 Å². The molecule has 0 aliphatic heterocycles. The van der Waals surface area contributed by atoms with Crippen LogP contribution in [0.5, 0.6) is 0 Å². The Morgan fingerprint density at radius 3 is 1.42 bits per heavy atom. The Bertz CT molecular complexity index is 1150. The van der Waals surface area contributed by atoms with Crippen molar-refractivity contribution in [2.75, 3.05) is 13.1 Å². The number of carbonyl (C=O) groups is 2. The maximum atomic E-state index is 12.3. The fourth-order valence-electron chi connectivity index (χ4n) is 3.24. The molecule has 2 N–H and O–H groups in total. The van der Waals surface area contributed by atoms with Gasteiger partial charge in [-0.05, 0) is 55.0 Å². The monoisotopic (exact) mass is 478 g/mol. The number of aromatic nitrogens is 4. The van der Waals surface area contributed by atoms with E-state index in [4.69, 9.17) is 0 Å². The van der Waals surface area contributed by atoms with Crippen LogP contribution in [-0.4, -0.2) is 44.0 Å². The van der Waals surface area contributed by atoms with Gasteiger partial charge in [0.1, 0.15) is 0 Å². The van der Waals surface area contributed by atoms with Crippen LogP contribution in [0.25, 0.3) is 11.4 Å². The van der Waals surface area contributed by atoms with Gasteiger partial charge in [0.15, 0.2) is 10.3 Å². The summed E-state index contributed by atoms with van der Waals surface area (Å²) in [5.74, 6) is -0.327. The van der Waals surface area contributed by atoms with Gasteiger partial charge in [-0.25, -0.2) is 9.97 Å². The van der Waals surface area contributed by atoms with Gasteiger partial charge in [0, 0.05) is 60.4 Å². The number of nitrogens with one attached hydrogen (secondary N) is 2. The molecule has 0 bridgehead atoms. The van der Waals surface area contributed by atoms with Gasteiger partial charge in [0.2, 0.25) is 0 Å². The van der Waals surface area contributed by atoms with Gasteiger partial charge >= 0.3 is 0 Å². The van der Waals surface area contributed by atoms with Crippen LogP contribution in [0.4, 0.5) is 0 Å². The molecule has 8 nitrogen and oxygen atoms in total. The first kappa shape index (κ1) is 22.7. The molecular weight excluding hydrogens is 456 g/mol. The van der Waals surface area contributed by atoms with Gasteiger partial charge in [-0.1, -0.05) is 0 Å². The molecule has 2 aromatic carbocycles. The van der Waals surface area contributed by atoms with E-state index < -0.39 is 0 Å². The summed E-state index contributed by atoms with van der Waals surface area (Å²) in [5, 5.41) is 6.89. The topological polar surface area (TPSA) is 93.8 Å². The number of imidazole rings is 2. The highest BCUT2D eigenvalue weighted by Crippen LogP contribution is 2.15. The number of nitrogens with zero attached hydrogens (tertiary/aromatic N) is 4. The van der Waals surface area contributed by atoms with E-state index >= 15 is 0 Å². The van der Waals surface area contributed by atoms with Gasteiger partial charge in [0.05, 0.1) is 0 Å². The van der Waals surface area contributed by atoms with E-state index in [0.717, 1.165) is 11.4 Å². The van der Waals surface area contributed by atoms with E-state index in [2.05, 4.69) is 45.9 Å². The first-order valence-corrected chi connectivity index (χ1v) is 11.1. The van der Waals surface area contributed by atoms with E-state index in [1.165, 1.54) is 0 Å². The average Bonchev–Trinajstić information content (AvgIpc) is 3.46. The summed E-state index contributed by atoms with van der Waals surface area (Å²) in [4.78, 5) is 32.8. The zero-order valence-corrected chi connectivity index (χ0v) is 19.3. The van der Waals surface area contributed by atoms with Crippen LogP contribution in [0, 0.1) is 0 Å². The van der Waals surface area contributed by atoms with E-state index in [-0.39, 0.29) is 11.8 Å².